The molecule has 0 fully saturated rings. The molecule has 0 aromatic heterocycles. The summed E-state index contributed by atoms with van der Waals surface area (Å²) in [6.45, 7) is 0.785. The molecule has 2 aromatic rings. The fourth-order valence-electron chi connectivity index (χ4n) is 2.65. The second-order valence-electron chi connectivity index (χ2n) is 5.10. The first-order chi connectivity index (χ1) is 12.2. The number of esters is 2. The fourth-order valence-corrected chi connectivity index (χ4v) is 3.85. The molecule has 0 bridgehead atoms. The number of benzene rings is 2. The van der Waals surface area contributed by atoms with E-state index >= 15 is 0 Å². The molecule has 0 amide bonds. The second kappa shape index (κ2) is 8.13. The molecule has 0 unspecified atom stereocenters. The Bertz CT molecular complexity index is 954. The van der Waals surface area contributed by atoms with Crippen LogP contribution in [0.15, 0.2) is 19.6 Å². The zero-order valence-electron chi connectivity index (χ0n) is 13.6. The summed E-state index contributed by atoms with van der Waals surface area (Å²) in [6.07, 6.45) is 0.503. The maximum absolute atomic E-state index is 12.4. The Kier molecular flexibility index (Phi) is 6.56. The highest BCUT2D eigenvalue weighted by atomic mass is 32.1. The molecule has 0 saturated heterocycles. The van der Waals surface area contributed by atoms with Gasteiger partial charge in [0.25, 0.3) is 0 Å². The zero-order chi connectivity index (χ0) is 19.8. The Labute approximate surface area is 170 Å². The van der Waals surface area contributed by atoms with Gasteiger partial charge in [-0.1, -0.05) is 0 Å². The standard InChI is InChI=1S/C16H14O6S4/c1-5-7-8(6(3-17)12(24)11(5)23)10(15(19)21-2)14(26)13(25)9(7)16(20)22-4-18/h3,18,23-26H,4H2,1-2H3. The van der Waals surface area contributed by atoms with Crippen LogP contribution >= 0.6 is 50.5 Å². The van der Waals surface area contributed by atoms with Gasteiger partial charge in [-0.05, 0) is 12.5 Å². The number of carbonyl (C=O) groups excluding carboxylic acids is 3. The highest BCUT2D eigenvalue weighted by molar-refractivity contribution is 7.84. The first-order valence-corrected chi connectivity index (χ1v) is 8.79. The molecule has 26 heavy (non-hydrogen) atoms. The Morgan fingerprint density at radius 3 is 1.96 bits per heavy atom. The van der Waals surface area contributed by atoms with Gasteiger partial charge in [0.2, 0.25) is 0 Å². The number of aldehydes is 1. The number of aliphatic hydroxyl groups excluding tert-OH is 1. The summed E-state index contributed by atoms with van der Waals surface area (Å²) in [5.74, 6) is -1.66. The molecule has 0 heterocycles. The van der Waals surface area contributed by atoms with Crippen molar-refractivity contribution in [2.45, 2.75) is 26.5 Å². The highest BCUT2D eigenvalue weighted by Gasteiger charge is 2.29. The average Bonchev–Trinajstić information content (AvgIpc) is 2.61. The van der Waals surface area contributed by atoms with E-state index in [0.29, 0.717) is 16.7 Å². The summed E-state index contributed by atoms with van der Waals surface area (Å²) in [4.78, 5) is 37.2. The molecule has 0 saturated carbocycles. The lowest BCUT2D eigenvalue weighted by molar-refractivity contribution is 0.00660. The van der Waals surface area contributed by atoms with Crippen LogP contribution in [0.2, 0.25) is 0 Å². The molecule has 6 nitrogen and oxygen atoms in total. The van der Waals surface area contributed by atoms with E-state index in [1.807, 2.05) is 0 Å². The van der Waals surface area contributed by atoms with Gasteiger partial charge in [-0.2, -0.15) is 0 Å². The van der Waals surface area contributed by atoms with Gasteiger partial charge in [-0.25, -0.2) is 9.59 Å². The largest absolute Gasteiger partial charge is 0.465 e. The lowest BCUT2D eigenvalue weighted by Crippen LogP contribution is -2.14. The monoisotopic (exact) mass is 430 g/mol. The van der Waals surface area contributed by atoms with Crippen LogP contribution < -0.4 is 0 Å². The average molecular weight is 431 g/mol. The lowest BCUT2D eigenvalue weighted by Gasteiger charge is -2.20. The fraction of sp³-hybridized carbons (Fsp3) is 0.188. The summed E-state index contributed by atoms with van der Waals surface area (Å²) in [7, 11) is 1.18. The molecule has 2 aromatic carbocycles. The van der Waals surface area contributed by atoms with Gasteiger partial charge in [0.05, 0.1) is 18.2 Å². The van der Waals surface area contributed by atoms with Crippen LogP contribution in [-0.4, -0.2) is 37.2 Å². The molecule has 138 valence electrons. The van der Waals surface area contributed by atoms with Crippen LogP contribution in [0.3, 0.4) is 0 Å². The predicted octanol–water partition coefficient (Wildman–Crippen LogP) is 3.01. The SMILES string of the molecule is COC(=O)c1c(S)c(S)c(C(=O)OCO)c2c(C)c(S)c(S)c(C=O)c12. The maximum atomic E-state index is 12.4. The minimum Gasteiger partial charge on any atom is -0.465 e. The molecular formula is C16H14O6S4. The van der Waals surface area contributed by atoms with Crippen molar-refractivity contribution in [3.63, 3.8) is 0 Å². The number of carbonyl (C=O) groups is 3. The van der Waals surface area contributed by atoms with E-state index in [2.05, 4.69) is 55.3 Å². The van der Waals surface area contributed by atoms with Gasteiger partial charge in [-0.3, -0.25) is 4.79 Å². The van der Waals surface area contributed by atoms with Crippen LogP contribution in [-0.2, 0) is 9.47 Å². The van der Waals surface area contributed by atoms with Gasteiger partial charge >= 0.3 is 11.9 Å². The number of thiol groups is 4. The van der Waals surface area contributed by atoms with Crippen molar-refractivity contribution in [3.8, 4) is 0 Å². The van der Waals surface area contributed by atoms with Crippen LogP contribution in [0.4, 0.5) is 0 Å². The number of aliphatic hydroxyl groups is 1. The second-order valence-corrected chi connectivity index (χ2v) is 6.89. The number of methoxy groups -OCH3 is 1. The first kappa shape index (κ1) is 21.0. The Morgan fingerprint density at radius 2 is 1.50 bits per heavy atom. The van der Waals surface area contributed by atoms with Crippen molar-refractivity contribution in [2.24, 2.45) is 0 Å². The number of aryl methyl sites for hydroxylation is 1. The Hall–Kier alpha value is -1.33. The van der Waals surface area contributed by atoms with Gasteiger partial charge in [-0.15, -0.1) is 50.5 Å². The van der Waals surface area contributed by atoms with E-state index in [-0.39, 0.29) is 42.1 Å². The van der Waals surface area contributed by atoms with E-state index in [9.17, 15) is 14.4 Å². The summed E-state index contributed by atoms with van der Waals surface area (Å²) in [5, 5.41) is 9.28. The highest BCUT2D eigenvalue weighted by Crippen LogP contribution is 2.43. The molecule has 0 radical (unpaired) electrons. The minimum absolute atomic E-state index is 0.0275. The number of rotatable bonds is 4. The van der Waals surface area contributed by atoms with Crippen LogP contribution in [0.25, 0.3) is 10.8 Å². The predicted molar refractivity (Wildman–Crippen MR) is 107 cm³/mol. The third-order valence-corrected chi connectivity index (χ3v) is 6.10. The molecule has 0 aliphatic rings. The summed E-state index contributed by atoms with van der Waals surface area (Å²) >= 11 is 17.2. The summed E-state index contributed by atoms with van der Waals surface area (Å²) in [6, 6.07) is 0. The number of fused-ring (bicyclic) bond motifs is 1. The normalized spacial score (nSPS) is 10.7. The summed E-state index contributed by atoms with van der Waals surface area (Å²) < 4.78 is 9.48. The van der Waals surface area contributed by atoms with Gasteiger partial charge in [0, 0.05) is 35.9 Å². The van der Waals surface area contributed by atoms with E-state index < -0.39 is 18.7 Å². The van der Waals surface area contributed by atoms with Crippen molar-refractivity contribution in [2.75, 3.05) is 13.9 Å². The van der Waals surface area contributed by atoms with Crippen molar-refractivity contribution in [1.29, 1.82) is 0 Å². The smallest absolute Gasteiger partial charge is 0.342 e. The third kappa shape index (κ3) is 3.20. The molecule has 10 heteroatoms. The molecule has 2 rings (SSSR count). The minimum atomic E-state index is -0.895. The van der Waals surface area contributed by atoms with E-state index in [1.165, 1.54) is 7.11 Å². The molecular weight excluding hydrogens is 416 g/mol. The Morgan fingerprint density at radius 1 is 0.962 bits per heavy atom. The van der Waals surface area contributed by atoms with Crippen LogP contribution in [0.5, 0.6) is 0 Å². The van der Waals surface area contributed by atoms with Crippen molar-refractivity contribution >= 4 is 79.5 Å². The molecule has 0 aliphatic carbocycles. The molecule has 0 aliphatic heterocycles. The van der Waals surface area contributed by atoms with Gasteiger partial charge in [0.15, 0.2) is 13.1 Å². The van der Waals surface area contributed by atoms with Crippen LogP contribution in [0, 0.1) is 6.92 Å². The molecule has 0 spiro atoms. The third-order valence-electron chi connectivity index (χ3n) is 3.83. The molecule has 0 atom stereocenters. The Balaban J connectivity index is 3.26. The molecule has 1 N–H and O–H groups in total. The van der Waals surface area contributed by atoms with Crippen molar-refractivity contribution in [3.05, 3.63) is 22.3 Å². The lowest BCUT2D eigenvalue weighted by atomic mass is 9.92. The van der Waals surface area contributed by atoms with Crippen molar-refractivity contribution in [1.82, 2.24) is 0 Å². The number of ether oxygens (including phenoxy) is 2. The first-order valence-electron chi connectivity index (χ1n) is 7.00. The van der Waals surface area contributed by atoms with Gasteiger partial charge in [0.1, 0.15) is 0 Å². The van der Waals surface area contributed by atoms with E-state index in [0.717, 1.165) is 0 Å². The number of hydrogen-bond acceptors (Lipinski definition) is 10. The van der Waals surface area contributed by atoms with E-state index in [4.69, 9.17) is 9.84 Å². The zero-order valence-corrected chi connectivity index (χ0v) is 17.1. The number of hydrogen-bond donors (Lipinski definition) is 5. The summed E-state index contributed by atoms with van der Waals surface area (Å²) in [5.41, 5.74) is 0.420. The van der Waals surface area contributed by atoms with E-state index in [1.54, 1.807) is 6.92 Å². The topological polar surface area (TPSA) is 89.9 Å². The van der Waals surface area contributed by atoms with Crippen LogP contribution in [0.1, 0.15) is 36.6 Å². The maximum Gasteiger partial charge on any atom is 0.342 e. The van der Waals surface area contributed by atoms with Crippen molar-refractivity contribution < 1.29 is 29.0 Å². The quantitative estimate of drug-likeness (QED) is 0.222. The van der Waals surface area contributed by atoms with Gasteiger partial charge < -0.3 is 14.6 Å².